The number of fused-ring (bicyclic) bond motifs is 1. The van der Waals surface area contributed by atoms with E-state index >= 15 is 0 Å². The summed E-state index contributed by atoms with van der Waals surface area (Å²) in [7, 11) is 1.63. The summed E-state index contributed by atoms with van der Waals surface area (Å²) in [5.41, 5.74) is 3.41. The summed E-state index contributed by atoms with van der Waals surface area (Å²) in [6.07, 6.45) is 3.19. The van der Waals surface area contributed by atoms with Crippen molar-refractivity contribution in [3.63, 3.8) is 0 Å². The van der Waals surface area contributed by atoms with Crippen LogP contribution in [0.15, 0.2) is 42.5 Å². The van der Waals surface area contributed by atoms with Crippen LogP contribution in [0.1, 0.15) is 24.0 Å². The molecule has 27 heavy (non-hydrogen) atoms. The summed E-state index contributed by atoms with van der Waals surface area (Å²) in [5.74, 6) is 1.36. The Labute approximate surface area is 160 Å². The second-order valence-corrected chi connectivity index (χ2v) is 7.24. The number of carbonyl (C=O) groups is 1. The summed E-state index contributed by atoms with van der Waals surface area (Å²) < 4.78 is 11.2. The third-order valence-electron chi connectivity index (χ3n) is 5.39. The van der Waals surface area contributed by atoms with Gasteiger partial charge < -0.3 is 19.7 Å². The molecular formula is C22H26N2O3. The molecule has 0 saturated carbocycles. The van der Waals surface area contributed by atoms with Gasteiger partial charge in [-0.15, -0.1) is 0 Å². The molecule has 2 heterocycles. The fourth-order valence-corrected chi connectivity index (χ4v) is 3.90. The van der Waals surface area contributed by atoms with Crippen molar-refractivity contribution in [3.05, 3.63) is 53.6 Å². The zero-order chi connectivity index (χ0) is 18.6. The predicted molar refractivity (Wildman–Crippen MR) is 105 cm³/mol. The first-order valence-electron chi connectivity index (χ1n) is 9.65. The molecule has 0 aromatic heterocycles. The highest BCUT2D eigenvalue weighted by atomic mass is 16.5. The zero-order valence-electron chi connectivity index (χ0n) is 15.7. The van der Waals surface area contributed by atoms with Crippen molar-refractivity contribution in [2.45, 2.75) is 25.8 Å². The number of nitrogens with zero attached hydrogens (tertiary/aromatic N) is 1. The lowest BCUT2D eigenvalue weighted by atomic mass is 9.95. The van der Waals surface area contributed by atoms with Crippen molar-refractivity contribution in [2.75, 3.05) is 31.7 Å². The van der Waals surface area contributed by atoms with Gasteiger partial charge in [-0.2, -0.15) is 0 Å². The molecule has 5 nitrogen and oxygen atoms in total. The maximum Gasteiger partial charge on any atom is 0.227 e. The van der Waals surface area contributed by atoms with Crippen LogP contribution in [0.3, 0.4) is 0 Å². The standard InChI is InChI=1S/C22H26N2O3/c1-26-20-9-5-7-17-13-18(15-27-21(17)20)22(25)23-14-16-6-4-8-19(12-16)24-10-2-3-11-24/h4-9,12,18H,2-3,10-11,13-15H2,1H3,(H,23,25). The molecule has 2 aliphatic heterocycles. The van der Waals surface area contributed by atoms with Crippen molar-refractivity contribution in [3.8, 4) is 11.5 Å². The lowest BCUT2D eigenvalue weighted by Crippen LogP contribution is -2.37. The van der Waals surface area contributed by atoms with Crippen LogP contribution < -0.4 is 19.7 Å². The Morgan fingerprint density at radius 1 is 1.22 bits per heavy atom. The van der Waals surface area contributed by atoms with Gasteiger partial charge in [0.1, 0.15) is 6.61 Å². The van der Waals surface area contributed by atoms with Gasteiger partial charge in [-0.25, -0.2) is 0 Å². The number of methoxy groups -OCH3 is 1. The maximum absolute atomic E-state index is 12.6. The van der Waals surface area contributed by atoms with E-state index in [0.717, 1.165) is 35.7 Å². The summed E-state index contributed by atoms with van der Waals surface area (Å²) in [6, 6.07) is 14.3. The van der Waals surface area contributed by atoms with Crippen molar-refractivity contribution in [2.24, 2.45) is 5.92 Å². The smallest absolute Gasteiger partial charge is 0.227 e. The minimum absolute atomic E-state index is 0.0371. The number of para-hydroxylation sites is 1. The molecule has 1 fully saturated rings. The SMILES string of the molecule is COc1cccc2c1OCC(C(=O)NCc1cccc(N3CCCC3)c1)C2. The number of ether oxygens (including phenoxy) is 2. The van der Waals surface area contributed by atoms with Gasteiger partial charge in [0.2, 0.25) is 5.91 Å². The number of benzene rings is 2. The normalized spacial score (nSPS) is 18.6. The molecule has 5 heteroatoms. The number of hydrogen-bond acceptors (Lipinski definition) is 4. The highest BCUT2D eigenvalue weighted by Gasteiger charge is 2.27. The molecular weight excluding hydrogens is 340 g/mol. The van der Waals surface area contributed by atoms with Crippen molar-refractivity contribution >= 4 is 11.6 Å². The minimum Gasteiger partial charge on any atom is -0.493 e. The Balaban J connectivity index is 1.36. The first kappa shape index (κ1) is 17.7. The molecule has 1 unspecified atom stereocenters. The van der Waals surface area contributed by atoms with Crippen LogP contribution in [0.5, 0.6) is 11.5 Å². The summed E-state index contributed by atoms with van der Waals surface area (Å²) >= 11 is 0. The Morgan fingerprint density at radius 2 is 2.04 bits per heavy atom. The van der Waals surface area contributed by atoms with Gasteiger partial charge in [-0.05, 0) is 48.6 Å². The quantitative estimate of drug-likeness (QED) is 0.883. The third-order valence-corrected chi connectivity index (χ3v) is 5.39. The first-order valence-corrected chi connectivity index (χ1v) is 9.65. The van der Waals surface area contributed by atoms with Gasteiger partial charge in [-0.3, -0.25) is 4.79 Å². The van der Waals surface area contributed by atoms with Crippen LogP contribution in [0, 0.1) is 5.92 Å². The first-order chi connectivity index (χ1) is 13.2. The summed E-state index contributed by atoms with van der Waals surface area (Å²) in [5, 5.41) is 3.08. The molecule has 2 aromatic rings. The van der Waals surface area contributed by atoms with Gasteiger partial charge in [0.25, 0.3) is 0 Å². The molecule has 142 valence electrons. The summed E-state index contributed by atoms with van der Waals surface area (Å²) in [6.45, 7) is 3.17. The second kappa shape index (κ2) is 7.91. The molecule has 1 amide bonds. The second-order valence-electron chi connectivity index (χ2n) is 7.24. The van der Waals surface area contributed by atoms with E-state index < -0.39 is 0 Å². The average molecular weight is 366 g/mol. The molecule has 2 aromatic carbocycles. The molecule has 2 aliphatic rings. The molecule has 0 aliphatic carbocycles. The molecule has 1 saturated heterocycles. The van der Waals surface area contributed by atoms with Crippen LogP contribution in [-0.2, 0) is 17.8 Å². The van der Waals surface area contributed by atoms with E-state index in [2.05, 4.69) is 34.5 Å². The van der Waals surface area contributed by atoms with Gasteiger partial charge in [0.05, 0.1) is 13.0 Å². The van der Waals surface area contributed by atoms with E-state index in [1.807, 2.05) is 18.2 Å². The van der Waals surface area contributed by atoms with Crippen LogP contribution in [0.4, 0.5) is 5.69 Å². The van der Waals surface area contributed by atoms with Crippen molar-refractivity contribution in [1.29, 1.82) is 0 Å². The molecule has 1 N–H and O–H groups in total. The molecule has 0 spiro atoms. The third kappa shape index (κ3) is 3.87. The van der Waals surface area contributed by atoms with Crippen LogP contribution in [0.25, 0.3) is 0 Å². The number of rotatable bonds is 5. The molecule has 0 bridgehead atoms. The molecule has 1 atom stereocenters. The number of amides is 1. The van der Waals surface area contributed by atoms with E-state index in [1.165, 1.54) is 18.5 Å². The number of anilines is 1. The Hall–Kier alpha value is -2.69. The zero-order valence-corrected chi connectivity index (χ0v) is 15.7. The van der Waals surface area contributed by atoms with E-state index in [0.29, 0.717) is 19.6 Å². The van der Waals surface area contributed by atoms with E-state index in [9.17, 15) is 4.79 Å². The number of nitrogens with one attached hydrogen (secondary N) is 1. The fraction of sp³-hybridized carbons (Fsp3) is 0.409. The van der Waals surface area contributed by atoms with Crippen molar-refractivity contribution in [1.82, 2.24) is 5.32 Å². The molecule has 4 rings (SSSR count). The van der Waals surface area contributed by atoms with Gasteiger partial charge in [-0.1, -0.05) is 24.3 Å². The van der Waals surface area contributed by atoms with Crippen LogP contribution in [-0.4, -0.2) is 32.7 Å². The maximum atomic E-state index is 12.6. The van der Waals surface area contributed by atoms with Crippen LogP contribution >= 0.6 is 0 Å². The van der Waals surface area contributed by atoms with Gasteiger partial charge in [0.15, 0.2) is 11.5 Å². The minimum atomic E-state index is -0.175. The average Bonchev–Trinajstić information content (AvgIpc) is 3.26. The predicted octanol–water partition coefficient (Wildman–Crippen LogP) is 3.16. The Bertz CT molecular complexity index is 815. The lowest BCUT2D eigenvalue weighted by Gasteiger charge is -2.26. The van der Waals surface area contributed by atoms with Gasteiger partial charge in [0, 0.05) is 25.3 Å². The number of hydrogen-bond donors (Lipinski definition) is 1. The fourth-order valence-electron chi connectivity index (χ4n) is 3.90. The van der Waals surface area contributed by atoms with E-state index in [-0.39, 0.29) is 11.8 Å². The Kier molecular flexibility index (Phi) is 5.19. The van der Waals surface area contributed by atoms with Crippen LogP contribution in [0.2, 0.25) is 0 Å². The number of carbonyl (C=O) groups excluding carboxylic acids is 1. The Morgan fingerprint density at radius 3 is 2.85 bits per heavy atom. The largest absolute Gasteiger partial charge is 0.493 e. The lowest BCUT2D eigenvalue weighted by molar-refractivity contribution is -0.126. The topological polar surface area (TPSA) is 50.8 Å². The highest BCUT2D eigenvalue weighted by molar-refractivity contribution is 5.79. The summed E-state index contributed by atoms with van der Waals surface area (Å²) in [4.78, 5) is 15.1. The van der Waals surface area contributed by atoms with Crippen molar-refractivity contribution < 1.29 is 14.3 Å². The highest BCUT2D eigenvalue weighted by Crippen LogP contribution is 2.36. The van der Waals surface area contributed by atoms with E-state index in [4.69, 9.17) is 9.47 Å². The van der Waals surface area contributed by atoms with Gasteiger partial charge >= 0.3 is 0 Å². The van der Waals surface area contributed by atoms with E-state index in [1.54, 1.807) is 7.11 Å². The molecule has 0 radical (unpaired) electrons. The monoisotopic (exact) mass is 366 g/mol.